The van der Waals surface area contributed by atoms with Crippen molar-refractivity contribution in [2.45, 2.75) is 59.4 Å². The molecule has 1 N–H and O–H groups in total. The Hall–Kier alpha value is -0.610. The van der Waals surface area contributed by atoms with Gasteiger partial charge in [-0.3, -0.25) is 0 Å². The highest BCUT2D eigenvalue weighted by Crippen LogP contribution is 2.29. The van der Waals surface area contributed by atoms with Gasteiger partial charge in [0, 0.05) is 24.5 Å². The second-order valence-electron chi connectivity index (χ2n) is 5.87. The molecule has 0 aliphatic carbocycles. The second-order valence-corrected chi connectivity index (χ2v) is 6.94. The van der Waals surface area contributed by atoms with Gasteiger partial charge in [0.05, 0.1) is 5.69 Å². The SMILES string of the molecule is CCCNCc1sc(N2CCCC(CC)CC2)nc1C. The summed E-state index contributed by atoms with van der Waals surface area (Å²) in [7, 11) is 0. The zero-order valence-corrected chi connectivity index (χ0v) is 14.1. The summed E-state index contributed by atoms with van der Waals surface area (Å²) in [6, 6.07) is 0. The van der Waals surface area contributed by atoms with E-state index < -0.39 is 0 Å². The van der Waals surface area contributed by atoms with E-state index in [1.807, 2.05) is 11.3 Å². The smallest absolute Gasteiger partial charge is 0.185 e. The van der Waals surface area contributed by atoms with Gasteiger partial charge < -0.3 is 10.2 Å². The fourth-order valence-electron chi connectivity index (χ4n) is 2.86. The highest BCUT2D eigenvalue weighted by molar-refractivity contribution is 7.15. The van der Waals surface area contributed by atoms with Gasteiger partial charge in [0.2, 0.25) is 0 Å². The summed E-state index contributed by atoms with van der Waals surface area (Å²) < 4.78 is 0. The van der Waals surface area contributed by atoms with Crippen LogP contribution in [0.4, 0.5) is 5.13 Å². The lowest BCUT2D eigenvalue weighted by Crippen LogP contribution is -2.23. The third-order valence-electron chi connectivity index (χ3n) is 4.29. The second kappa shape index (κ2) is 7.99. The minimum Gasteiger partial charge on any atom is -0.348 e. The number of nitrogens with zero attached hydrogens (tertiary/aromatic N) is 2. The van der Waals surface area contributed by atoms with Crippen molar-refractivity contribution >= 4 is 16.5 Å². The molecule has 2 heterocycles. The minimum atomic E-state index is 0.923. The van der Waals surface area contributed by atoms with Crippen molar-refractivity contribution in [3.05, 3.63) is 10.6 Å². The number of rotatable bonds is 6. The molecular weight excluding hydrogens is 266 g/mol. The molecule has 0 bridgehead atoms. The minimum absolute atomic E-state index is 0.923. The zero-order valence-electron chi connectivity index (χ0n) is 13.2. The van der Waals surface area contributed by atoms with Gasteiger partial charge in [-0.2, -0.15) is 0 Å². The van der Waals surface area contributed by atoms with Crippen LogP contribution in [0.3, 0.4) is 0 Å². The average molecular weight is 295 g/mol. The van der Waals surface area contributed by atoms with Gasteiger partial charge in [-0.15, -0.1) is 11.3 Å². The Morgan fingerprint density at radius 1 is 1.30 bits per heavy atom. The molecule has 114 valence electrons. The van der Waals surface area contributed by atoms with Crippen LogP contribution in [0.1, 0.15) is 56.5 Å². The van der Waals surface area contributed by atoms with Crippen molar-refractivity contribution in [2.24, 2.45) is 5.92 Å². The lowest BCUT2D eigenvalue weighted by atomic mass is 9.98. The standard InChI is InChI=1S/C16H29N3S/c1-4-9-17-12-15-13(3)18-16(20-15)19-10-6-7-14(5-2)8-11-19/h14,17H,4-12H2,1-3H3. The lowest BCUT2D eigenvalue weighted by Gasteiger charge is -2.19. The molecular formula is C16H29N3S. The Balaban J connectivity index is 1.96. The molecule has 20 heavy (non-hydrogen) atoms. The molecule has 0 radical (unpaired) electrons. The average Bonchev–Trinajstić information content (AvgIpc) is 2.68. The topological polar surface area (TPSA) is 28.2 Å². The summed E-state index contributed by atoms with van der Waals surface area (Å²) in [5.41, 5.74) is 1.21. The van der Waals surface area contributed by atoms with Crippen LogP contribution in [0.2, 0.25) is 0 Å². The number of nitrogens with one attached hydrogen (secondary N) is 1. The number of hydrogen-bond acceptors (Lipinski definition) is 4. The maximum Gasteiger partial charge on any atom is 0.185 e. The van der Waals surface area contributed by atoms with Crippen molar-refractivity contribution in [2.75, 3.05) is 24.5 Å². The molecule has 1 aromatic heterocycles. The summed E-state index contributed by atoms with van der Waals surface area (Å²) in [6.07, 6.45) is 6.56. The molecule has 1 aromatic rings. The molecule has 1 atom stereocenters. The summed E-state index contributed by atoms with van der Waals surface area (Å²) >= 11 is 1.89. The molecule has 0 aromatic carbocycles. The number of anilines is 1. The molecule has 0 spiro atoms. The molecule has 3 nitrogen and oxygen atoms in total. The van der Waals surface area contributed by atoms with Gasteiger partial charge in [0.25, 0.3) is 0 Å². The largest absolute Gasteiger partial charge is 0.348 e. The first-order valence-corrected chi connectivity index (χ1v) is 8.98. The number of aryl methyl sites for hydroxylation is 1. The first kappa shape index (κ1) is 15.8. The highest BCUT2D eigenvalue weighted by atomic mass is 32.1. The van der Waals surface area contributed by atoms with Gasteiger partial charge in [-0.1, -0.05) is 20.3 Å². The van der Waals surface area contributed by atoms with E-state index in [4.69, 9.17) is 4.98 Å². The van der Waals surface area contributed by atoms with Crippen LogP contribution in [-0.2, 0) is 6.54 Å². The molecule has 1 aliphatic rings. The van der Waals surface area contributed by atoms with Gasteiger partial charge in [0.1, 0.15) is 0 Å². The molecule has 0 saturated carbocycles. The van der Waals surface area contributed by atoms with Crippen molar-refractivity contribution in [1.29, 1.82) is 0 Å². The molecule has 1 unspecified atom stereocenters. The Bertz CT molecular complexity index is 402. The van der Waals surface area contributed by atoms with E-state index in [2.05, 4.69) is 31.0 Å². The third kappa shape index (κ3) is 4.19. The van der Waals surface area contributed by atoms with Crippen molar-refractivity contribution in [1.82, 2.24) is 10.3 Å². The van der Waals surface area contributed by atoms with E-state index in [9.17, 15) is 0 Å². The van der Waals surface area contributed by atoms with E-state index >= 15 is 0 Å². The summed E-state index contributed by atoms with van der Waals surface area (Å²) in [5.74, 6) is 0.923. The Kier molecular flexibility index (Phi) is 6.30. The Morgan fingerprint density at radius 3 is 2.90 bits per heavy atom. The van der Waals surface area contributed by atoms with Gasteiger partial charge in [0.15, 0.2) is 5.13 Å². The summed E-state index contributed by atoms with van der Waals surface area (Å²) in [4.78, 5) is 8.73. The van der Waals surface area contributed by atoms with Gasteiger partial charge in [-0.25, -0.2) is 4.98 Å². The van der Waals surface area contributed by atoms with Crippen LogP contribution in [0.5, 0.6) is 0 Å². The normalized spacial score (nSPS) is 20.1. The van der Waals surface area contributed by atoms with Crippen LogP contribution < -0.4 is 10.2 Å². The van der Waals surface area contributed by atoms with Crippen molar-refractivity contribution in [3.8, 4) is 0 Å². The molecule has 1 fully saturated rings. The molecule has 0 amide bonds. The number of thiazole rings is 1. The zero-order chi connectivity index (χ0) is 14.4. The van der Waals surface area contributed by atoms with E-state index in [-0.39, 0.29) is 0 Å². The van der Waals surface area contributed by atoms with Crippen LogP contribution in [0, 0.1) is 12.8 Å². The fraction of sp³-hybridized carbons (Fsp3) is 0.812. The maximum atomic E-state index is 4.81. The molecule has 1 saturated heterocycles. The lowest BCUT2D eigenvalue weighted by molar-refractivity contribution is 0.459. The monoisotopic (exact) mass is 295 g/mol. The van der Waals surface area contributed by atoms with Crippen LogP contribution in [0.15, 0.2) is 0 Å². The van der Waals surface area contributed by atoms with Crippen molar-refractivity contribution < 1.29 is 0 Å². The highest BCUT2D eigenvalue weighted by Gasteiger charge is 2.19. The van der Waals surface area contributed by atoms with E-state index in [0.717, 1.165) is 19.0 Å². The first-order chi connectivity index (χ1) is 9.74. The van der Waals surface area contributed by atoms with Gasteiger partial charge in [-0.05, 0) is 45.1 Å². The van der Waals surface area contributed by atoms with E-state index in [1.165, 1.54) is 60.9 Å². The predicted octanol–water partition coefficient (Wildman–Crippen LogP) is 3.97. The molecule has 2 rings (SSSR count). The number of aromatic nitrogens is 1. The number of hydrogen-bond donors (Lipinski definition) is 1. The quantitative estimate of drug-likeness (QED) is 0.805. The predicted molar refractivity (Wildman–Crippen MR) is 88.7 cm³/mol. The molecule has 4 heteroatoms. The van der Waals surface area contributed by atoms with E-state index in [1.54, 1.807) is 0 Å². The fourth-order valence-corrected chi connectivity index (χ4v) is 3.94. The first-order valence-electron chi connectivity index (χ1n) is 8.16. The van der Waals surface area contributed by atoms with E-state index in [0.29, 0.717) is 0 Å². The third-order valence-corrected chi connectivity index (χ3v) is 5.51. The summed E-state index contributed by atoms with van der Waals surface area (Å²) in [6.45, 7) is 11.1. The summed E-state index contributed by atoms with van der Waals surface area (Å²) in [5, 5.41) is 4.73. The van der Waals surface area contributed by atoms with Crippen LogP contribution in [0.25, 0.3) is 0 Å². The Morgan fingerprint density at radius 2 is 2.15 bits per heavy atom. The van der Waals surface area contributed by atoms with Crippen LogP contribution >= 0.6 is 11.3 Å². The van der Waals surface area contributed by atoms with Crippen molar-refractivity contribution in [3.63, 3.8) is 0 Å². The maximum absolute atomic E-state index is 4.81. The Labute approximate surface area is 127 Å². The molecule has 1 aliphatic heterocycles. The van der Waals surface area contributed by atoms with Gasteiger partial charge >= 0.3 is 0 Å². The van der Waals surface area contributed by atoms with Crippen LogP contribution in [-0.4, -0.2) is 24.6 Å².